The van der Waals surface area contributed by atoms with E-state index in [0.717, 1.165) is 0 Å². The van der Waals surface area contributed by atoms with Crippen molar-refractivity contribution in [1.29, 1.82) is 0 Å². The van der Waals surface area contributed by atoms with Crippen LogP contribution in [-0.2, 0) is 0 Å². The monoisotopic (exact) mass is 300 g/mol. The minimum absolute atomic E-state index is 0.258. The van der Waals surface area contributed by atoms with Crippen molar-refractivity contribution >= 4 is 35.0 Å². The summed E-state index contributed by atoms with van der Waals surface area (Å²) in [5.41, 5.74) is 1.46. The Morgan fingerprint density at radius 3 is 2.33 bits per heavy atom. The van der Waals surface area contributed by atoms with Gasteiger partial charge >= 0.3 is 0 Å². The third-order valence-electron chi connectivity index (χ3n) is 3.10. The largest absolute Gasteiger partial charge is 0.322 e. The molecule has 1 aliphatic rings. The summed E-state index contributed by atoms with van der Waals surface area (Å²) in [6.07, 6.45) is 0. The van der Waals surface area contributed by atoms with Crippen molar-refractivity contribution in [1.82, 2.24) is 5.32 Å². The molecule has 21 heavy (non-hydrogen) atoms. The lowest BCUT2D eigenvalue weighted by molar-refractivity contribution is 0.0878. The Morgan fingerprint density at radius 1 is 0.952 bits per heavy atom. The molecule has 0 saturated heterocycles. The Hall–Kier alpha value is -2.66. The summed E-state index contributed by atoms with van der Waals surface area (Å²) in [7, 11) is 0. The van der Waals surface area contributed by atoms with Crippen molar-refractivity contribution in [3.05, 3.63) is 64.2 Å². The van der Waals surface area contributed by atoms with Crippen LogP contribution < -0.4 is 10.6 Å². The van der Waals surface area contributed by atoms with Crippen molar-refractivity contribution < 1.29 is 14.4 Å². The first-order valence-electron chi connectivity index (χ1n) is 6.11. The second kappa shape index (κ2) is 5.03. The number of carbonyl (C=O) groups is 3. The third kappa shape index (κ3) is 2.51. The highest BCUT2D eigenvalue weighted by Crippen LogP contribution is 2.21. The van der Waals surface area contributed by atoms with Gasteiger partial charge in [0.2, 0.25) is 0 Å². The lowest BCUT2D eigenvalue weighted by Gasteiger charge is -2.06. The summed E-state index contributed by atoms with van der Waals surface area (Å²) >= 11 is 5.76. The molecule has 1 aliphatic heterocycles. The first-order chi connectivity index (χ1) is 10.0. The Kier molecular flexibility index (Phi) is 3.19. The second-order valence-electron chi connectivity index (χ2n) is 4.50. The molecule has 0 saturated carbocycles. The van der Waals surface area contributed by atoms with Gasteiger partial charge in [-0.1, -0.05) is 11.6 Å². The van der Waals surface area contributed by atoms with Crippen LogP contribution in [0.1, 0.15) is 31.1 Å². The van der Waals surface area contributed by atoms with Crippen molar-refractivity contribution in [3.8, 4) is 0 Å². The summed E-state index contributed by atoms with van der Waals surface area (Å²) in [6.45, 7) is 0. The zero-order valence-corrected chi connectivity index (χ0v) is 11.4. The first kappa shape index (κ1) is 13.3. The van der Waals surface area contributed by atoms with Crippen LogP contribution in [0.15, 0.2) is 42.5 Å². The Bertz CT molecular complexity index is 769. The van der Waals surface area contributed by atoms with Gasteiger partial charge in [-0.2, -0.15) is 0 Å². The third-order valence-corrected chi connectivity index (χ3v) is 3.35. The quantitative estimate of drug-likeness (QED) is 0.837. The Morgan fingerprint density at radius 2 is 1.62 bits per heavy atom. The number of rotatable bonds is 2. The molecule has 0 unspecified atom stereocenters. The van der Waals surface area contributed by atoms with Crippen molar-refractivity contribution in [2.24, 2.45) is 0 Å². The maximum absolute atomic E-state index is 12.0. The molecule has 2 N–H and O–H groups in total. The molecule has 0 fully saturated rings. The Labute approximate surface area is 124 Å². The van der Waals surface area contributed by atoms with Gasteiger partial charge in [-0.25, -0.2) is 0 Å². The van der Waals surface area contributed by atoms with Gasteiger partial charge in [-0.3, -0.25) is 19.7 Å². The SMILES string of the molecule is O=C(Nc1ccc2c(c1)C(=O)NC2=O)c1ccc(Cl)cc1. The molecule has 104 valence electrons. The van der Waals surface area contributed by atoms with E-state index in [1.807, 2.05) is 0 Å². The van der Waals surface area contributed by atoms with Gasteiger partial charge in [0.05, 0.1) is 11.1 Å². The predicted molar refractivity (Wildman–Crippen MR) is 77.6 cm³/mol. The predicted octanol–water partition coefficient (Wildman–Crippen LogP) is 2.48. The highest BCUT2D eigenvalue weighted by molar-refractivity contribution is 6.30. The molecule has 3 rings (SSSR count). The van der Waals surface area contributed by atoms with Crippen molar-refractivity contribution in [2.45, 2.75) is 0 Å². The standard InChI is InChI=1S/C15H9ClN2O3/c16-9-3-1-8(2-4-9)13(19)17-10-5-6-11-12(7-10)15(21)18-14(11)20/h1-7H,(H,17,19)(H,18,20,21). The van der Waals surface area contributed by atoms with Crippen LogP contribution in [0, 0.1) is 0 Å². The van der Waals surface area contributed by atoms with E-state index < -0.39 is 11.8 Å². The number of carbonyl (C=O) groups excluding carboxylic acids is 3. The maximum atomic E-state index is 12.0. The van der Waals surface area contributed by atoms with Gasteiger partial charge in [0.25, 0.3) is 17.7 Å². The average Bonchev–Trinajstić information content (AvgIpc) is 2.74. The Balaban J connectivity index is 1.84. The molecule has 0 aromatic heterocycles. The van der Waals surface area contributed by atoms with Gasteiger partial charge in [0.1, 0.15) is 0 Å². The van der Waals surface area contributed by atoms with E-state index in [1.54, 1.807) is 30.3 Å². The van der Waals surface area contributed by atoms with Crippen LogP contribution in [0.4, 0.5) is 5.69 Å². The molecule has 0 radical (unpaired) electrons. The minimum atomic E-state index is -0.461. The summed E-state index contributed by atoms with van der Waals surface area (Å²) in [4.78, 5) is 35.0. The van der Waals surface area contributed by atoms with Crippen LogP contribution in [0.5, 0.6) is 0 Å². The molecule has 0 atom stereocenters. The number of fused-ring (bicyclic) bond motifs is 1. The lowest BCUT2D eigenvalue weighted by atomic mass is 10.1. The molecule has 5 nitrogen and oxygen atoms in total. The normalized spacial score (nSPS) is 12.8. The molecule has 2 aromatic carbocycles. The molecule has 2 aromatic rings. The summed E-state index contributed by atoms with van der Waals surface area (Å²) in [6, 6.07) is 11.0. The zero-order chi connectivity index (χ0) is 15.0. The summed E-state index contributed by atoms with van der Waals surface area (Å²) < 4.78 is 0. The number of nitrogens with one attached hydrogen (secondary N) is 2. The molecule has 3 amide bonds. The van der Waals surface area contributed by atoms with E-state index >= 15 is 0 Å². The molecular weight excluding hydrogens is 292 g/mol. The van der Waals surface area contributed by atoms with Crippen LogP contribution in [0.25, 0.3) is 0 Å². The van der Waals surface area contributed by atoms with E-state index in [0.29, 0.717) is 21.8 Å². The highest BCUT2D eigenvalue weighted by atomic mass is 35.5. The van der Waals surface area contributed by atoms with Crippen LogP contribution >= 0.6 is 11.6 Å². The number of hydrogen-bond donors (Lipinski definition) is 2. The molecule has 0 spiro atoms. The molecule has 0 bridgehead atoms. The van der Waals surface area contributed by atoms with E-state index in [9.17, 15) is 14.4 Å². The minimum Gasteiger partial charge on any atom is -0.322 e. The van der Waals surface area contributed by atoms with E-state index in [2.05, 4.69) is 10.6 Å². The van der Waals surface area contributed by atoms with E-state index in [1.165, 1.54) is 12.1 Å². The van der Waals surface area contributed by atoms with Gasteiger partial charge in [-0.15, -0.1) is 0 Å². The van der Waals surface area contributed by atoms with Crippen molar-refractivity contribution in [3.63, 3.8) is 0 Å². The lowest BCUT2D eigenvalue weighted by Crippen LogP contribution is -2.19. The number of hydrogen-bond acceptors (Lipinski definition) is 3. The summed E-state index contributed by atoms with van der Waals surface area (Å²) in [5.74, 6) is -1.21. The number of anilines is 1. The first-order valence-corrected chi connectivity index (χ1v) is 6.49. The fraction of sp³-hybridized carbons (Fsp3) is 0. The summed E-state index contributed by atoms with van der Waals surface area (Å²) in [5, 5.41) is 5.41. The maximum Gasteiger partial charge on any atom is 0.259 e. The fourth-order valence-electron chi connectivity index (χ4n) is 2.05. The van der Waals surface area contributed by atoms with Crippen LogP contribution in [-0.4, -0.2) is 17.7 Å². The molecule has 1 heterocycles. The van der Waals surface area contributed by atoms with Gasteiger partial charge in [0, 0.05) is 16.3 Å². The van der Waals surface area contributed by atoms with Crippen LogP contribution in [0.2, 0.25) is 5.02 Å². The van der Waals surface area contributed by atoms with Gasteiger partial charge in [-0.05, 0) is 42.5 Å². The molecule has 6 heteroatoms. The van der Waals surface area contributed by atoms with E-state index in [-0.39, 0.29) is 11.5 Å². The number of halogens is 1. The average molecular weight is 301 g/mol. The number of imide groups is 1. The van der Waals surface area contributed by atoms with Gasteiger partial charge < -0.3 is 5.32 Å². The topological polar surface area (TPSA) is 75.3 Å². The molecular formula is C15H9ClN2O3. The number of benzene rings is 2. The molecule has 0 aliphatic carbocycles. The number of amides is 3. The zero-order valence-electron chi connectivity index (χ0n) is 10.6. The second-order valence-corrected chi connectivity index (χ2v) is 4.94. The fourth-order valence-corrected chi connectivity index (χ4v) is 2.18. The van der Waals surface area contributed by atoms with Crippen LogP contribution in [0.3, 0.4) is 0 Å². The highest BCUT2D eigenvalue weighted by Gasteiger charge is 2.26. The van der Waals surface area contributed by atoms with E-state index in [4.69, 9.17) is 11.6 Å². The smallest absolute Gasteiger partial charge is 0.259 e. The van der Waals surface area contributed by atoms with Gasteiger partial charge in [0.15, 0.2) is 0 Å². The van der Waals surface area contributed by atoms with Crippen molar-refractivity contribution in [2.75, 3.05) is 5.32 Å².